The van der Waals surface area contributed by atoms with Gasteiger partial charge in [-0.15, -0.1) is 24.0 Å². The van der Waals surface area contributed by atoms with Gasteiger partial charge in [-0.05, 0) is 32.3 Å². The maximum Gasteiger partial charge on any atom is 0.191 e. The molecule has 0 saturated carbocycles. The Morgan fingerprint density at radius 3 is 2.60 bits per heavy atom. The third kappa shape index (κ3) is 8.37. The van der Waals surface area contributed by atoms with Crippen LogP contribution in [-0.2, 0) is 11.2 Å². The normalized spacial score (nSPS) is 18.1. The van der Waals surface area contributed by atoms with E-state index in [1.54, 1.807) is 0 Å². The summed E-state index contributed by atoms with van der Waals surface area (Å²) in [6.07, 6.45) is 3.38. The summed E-state index contributed by atoms with van der Waals surface area (Å²) in [5.41, 5.74) is 0.623. The lowest BCUT2D eigenvalue weighted by Crippen LogP contribution is -2.45. The predicted octanol–water partition coefficient (Wildman–Crippen LogP) is 2.72. The maximum atomic E-state index is 10.5. The topological polar surface area (TPSA) is 65.9 Å². The van der Waals surface area contributed by atoms with Crippen LogP contribution in [0.15, 0.2) is 35.3 Å². The Kier molecular flexibility index (Phi) is 10.4. The second-order valence-corrected chi connectivity index (χ2v) is 6.60. The summed E-state index contributed by atoms with van der Waals surface area (Å²) in [5.74, 6) is 0.776. The second-order valence-electron chi connectivity index (χ2n) is 6.60. The van der Waals surface area contributed by atoms with Crippen molar-refractivity contribution < 1.29 is 9.84 Å². The van der Waals surface area contributed by atoms with Gasteiger partial charge in [-0.2, -0.15) is 0 Å². The molecule has 1 aliphatic rings. The van der Waals surface area contributed by atoms with Gasteiger partial charge in [0.25, 0.3) is 0 Å². The fourth-order valence-corrected chi connectivity index (χ4v) is 2.79. The molecule has 1 unspecified atom stereocenters. The number of hydrogen-bond acceptors (Lipinski definition) is 3. The van der Waals surface area contributed by atoms with Crippen molar-refractivity contribution in [3.8, 4) is 0 Å². The van der Waals surface area contributed by atoms with Crippen molar-refractivity contribution in [1.82, 2.24) is 10.6 Å². The molecule has 0 aliphatic carbocycles. The molecular weight excluding hydrogens is 429 g/mol. The Morgan fingerprint density at radius 2 is 1.96 bits per heavy atom. The molecule has 2 rings (SSSR count). The number of benzene rings is 1. The highest BCUT2D eigenvalue weighted by Crippen LogP contribution is 2.20. The number of halogens is 1. The molecule has 1 aromatic rings. The molecule has 1 fully saturated rings. The zero-order chi connectivity index (χ0) is 17.3. The minimum Gasteiger partial charge on any atom is -0.388 e. The van der Waals surface area contributed by atoms with Crippen molar-refractivity contribution >= 4 is 29.9 Å². The van der Waals surface area contributed by atoms with E-state index in [9.17, 15) is 5.11 Å². The van der Waals surface area contributed by atoms with Crippen LogP contribution in [-0.4, -0.2) is 49.0 Å². The molecule has 6 heteroatoms. The molecule has 3 N–H and O–H groups in total. The molecule has 5 nitrogen and oxygen atoms in total. The number of nitrogens with one attached hydrogen (secondary N) is 2. The van der Waals surface area contributed by atoms with E-state index in [2.05, 4.69) is 53.7 Å². The third-order valence-corrected chi connectivity index (χ3v) is 4.39. The van der Waals surface area contributed by atoms with Crippen LogP contribution in [0.5, 0.6) is 0 Å². The van der Waals surface area contributed by atoms with Crippen molar-refractivity contribution in [2.24, 2.45) is 4.99 Å². The van der Waals surface area contributed by atoms with Gasteiger partial charge in [0.05, 0.1) is 12.1 Å². The first-order valence-electron chi connectivity index (χ1n) is 9.00. The smallest absolute Gasteiger partial charge is 0.191 e. The Bertz CT molecular complexity index is 505. The number of guanidine groups is 1. The molecular formula is C19H32IN3O2. The Balaban J connectivity index is 0.00000312. The summed E-state index contributed by atoms with van der Waals surface area (Å²) in [5, 5.41) is 17.2. The van der Waals surface area contributed by atoms with Gasteiger partial charge in [-0.1, -0.05) is 30.3 Å². The van der Waals surface area contributed by atoms with Crippen LogP contribution in [0.4, 0.5) is 0 Å². The minimum absolute atomic E-state index is 0. The summed E-state index contributed by atoms with van der Waals surface area (Å²) in [7, 11) is 0. The van der Waals surface area contributed by atoms with E-state index in [0.29, 0.717) is 38.6 Å². The quantitative estimate of drug-likeness (QED) is 0.332. The van der Waals surface area contributed by atoms with Crippen LogP contribution in [0.2, 0.25) is 0 Å². The molecule has 1 aliphatic heterocycles. The van der Waals surface area contributed by atoms with Gasteiger partial charge >= 0.3 is 0 Å². The van der Waals surface area contributed by atoms with Gasteiger partial charge in [0.15, 0.2) is 5.96 Å². The van der Waals surface area contributed by atoms with E-state index < -0.39 is 5.60 Å². The van der Waals surface area contributed by atoms with Crippen LogP contribution >= 0.6 is 24.0 Å². The van der Waals surface area contributed by atoms with Gasteiger partial charge in [-0.25, -0.2) is 0 Å². The Morgan fingerprint density at radius 1 is 1.28 bits per heavy atom. The molecule has 0 bridgehead atoms. The number of ether oxygens (including phenoxy) is 1. The molecule has 1 atom stereocenters. The fraction of sp³-hybridized carbons (Fsp3) is 0.632. The number of aliphatic hydroxyl groups is 1. The molecule has 1 saturated heterocycles. The number of aryl methyl sites for hydroxylation is 1. The second kappa shape index (κ2) is 11.7. The summed E-state index contributed by atoms with van der Waals surface area (Å²) in [6.45, 7) is 6.66. The molecule has 0 aromatic heterocycles. The van der Waals surface area contributed by atoms with Gasteiger partial charge < -0.3 is 20.5 Å². The van der Waals surface area contributed by atoms with Crippen LogP contribution in [0.1, 0.15) is 38.7 Å². The molecule has 0 spiro atoms. The molecule has 0 radical (unpaired) electrons. The van der Waals surface area contributed by atoms with E-state index in [1.165, 1.54) is 5.56 Å². The summed E-state index contributed by atoms with van der Waals surface area (Å²) < 4.78 is 5.32. The summed E-state index contributed by atoms with van der Waals surface area (Å²) in [4.78, 5) is 4.59. The SMILES string of the molecule is CCNC(=NCC1(O)CCOCC1)NC(C)CCc1ccccc1.I. The van der Waals surface area contributed by atoms with Crippen LogP contribution < -0.4 is 10.6 Å². The van der Waals surface area contributed by atoms with Crippen molar-refractivity contribution in [2.75, 3.05) is 26.3 Å². The molecule has 25 heavy (non-hydrogen) atoms. The Labute approximate surface area is 168 Å². The number of hydrogen-bond donors (Lipinski definition) is 3. The van der Waals surface area contributed by atoms with Crippen molar-refractivity contribution in [1.29, 1.82) is 0 Å². The van der Waals surface area contributed by atoms with Crippen molar-refractivity contribution in [3.05, 3.63) is 35.9 Å². The van der Waals surface area contributed by atoms with Gasteiger partial charge in [0.2, 0.25) is 0 Å². The first-order chi connectivity index (χ1) is 11.6. The lowest BCUT2D eigenvalue weighted by molar-refractivity contribution is -0.0566. The zero-order valence-corrected chi connectivity index (χ0v) is 17.7. The monoisotopic (exact) mass is 461 g/mol. The first-order valence-corrected chi connectivity index (χ1v) is 9.00. The highest BCUT2D eigenvalue weighted by Gasteiger charge is 2.29. The molecule has 0 amide bonds. The van der Waals surface area contributed by atoms with Gasteiger partial charge in [-0.3, -0.25) is 4.99 Å². The molecule has 1 aromatic carbocycles. The average molecular weight is 461 g/mol. The number of nitrogens with zero attached hydrogens (tertiary/aromatic N) is 1. The highest BCUT2D eigenvalue weighted by atomic mass is 127. The van der Waals surface area contributed by atoms with Gasteiger partial charge in [0.1, 0.15) is 0 Å². The fourth-order valence-electron chi connectivity index (χ4n) is 2.79. The summed E-state index contributed by atoms with van der Waals surface area (Å²) in [6, 6.07) is 10.8. The van der Waals surface area contributed by atoms with E-state index in [1.807, 2.05) is 6.07 Å². The maximum absolute atomic E-state index is 10.5. The molecule has 142 valence electrons. The summed E-state index contributed by atoms with van der Waals surface area (Å²) >= 11 is 0. The van der Waals surface area contributed by atoms with Crippen molar-refractivity contribution in [2.45, 2.75) is 51.2 Å². The van der Waals surface area contributed by atoms with E-state index in [4.69, 9.17) is 4.74 Å². The van der Waals surface area contributed by atoms with Crippen LogP contribution in [0.25, 0.3) is 0 Å². The number of rotatable bonds is 7. The van der Waals surface area contributed by atoms with Crippen LogP contribution in [0, 0.1) is 0 Å². The van der Waals surface area contributed by atoms with Crippen LogP contribution in [0.3, 0.4) is 0 Å². The van der Waals surface area contributed by atoms with Crippen molar-refractivity contribution in [3.63, 3.8) is 0 Å². The average Bonchev–Trinajstić information content (AvgIpc) is 2.60. The van der Waals surface area contributed by atoms with E-state index in [0.717, 1.165) is 25.3 Å². The Hall–Kier alpha value is -0.860. The lowest BCUT2D eigenvalue weighted by atomic mass is 9.95. The van der Waals surface area contributed by atoms with Gasteiger partial charge in [0, 0.05) is 38.6 Å². The zero-order valence-electron chi connectivity index (χ0n) is 15.3. The minimum atomic E-state index is -0.728. The highest BCUT2D eigenvalue weighted by molar-refractivity contribution is 14.0. The van der Waals surface area contributed by atoms with E-state index in [-0.39, 0.29) is 24.0 Å². The first kappa shape index (κ1) is 22.2. The predicted molar refractivity (Wildman–Crippen MR) is 114 cm³/mol. The number of aliphatic imine (C=N–C) groups is 1. The standard InChI is InChI=1S/C19H31N3O2.HI/c1-3-20-18(21-15-19(23)11-13-24-14-12-19)22-16(2)9-10-17-7-5-4-6-8-17;/h4-8,16,23H,3,9-15H2,1-2H3,(H2,20,21,22);1H. The third-order valence-electron chi connectivity index (χ3n) is 4.39. The molecule has 1 heterocycles. The largest absolute Gasteiger partial charge is 0.388 e. The van der Waals surface area contributed by atoms with E-state index >= 15 is 0 Å². The lowest BCUT2D eigenvalue weighted by Gasteiger charge is -2.30.